The number of anilines is 1. The van der Waals surface area contributed by atoms with Crippen molar-refractivity contribution in [2.75, 3.05) is 31.6 Å². The Balaban J connectivity index is 1.96. The number of hydrogen-bond acceptors (Lipinski definition) is 3. The van der Waals surface area contributed by atoms with Gasteiger partial charge < -0.3 is 10.0 Å². The number of benzene rings is 1. The highest BCUT2D eigenvalue weighted by Crippen LogP contribution is 2.17. The van der Waals surface area contributed by atoms with E-state index in [0.717, 1.165) is 31.5 Å². The van der Waals surface area contributed by atoms with Crippen molar-refractivity contribution in [2.45, 2.75) is 25.3 Å². The van der Waals surface area contributed by atoms with Gasteiger partial charge in [-0.2, -0.15) is 0 Å². The number of likely N-dealkylation sites (tertiary alicyclic amines) is 1. The number of aliphatic hydroxyl groups is 1. The van der Waals surface area contributed by atoms with Crippen molar-refractivity contribution in [1.29, 1.82) is 0 Å². The Morgan fingerprint density at radius 1 is 1.37 bits per heavy atom. The van der Waals surface area contributed by atoms with Crippen LogP contribution in [0, 0.1) is 0 Å². The summed E-state index contributed by atoms with van der Waals surface area (Å²) in [7, 11) is 1.80. The fourth-order valence-corrected chi connectivity index (χ4v) is 2.55. The van der Waals surface area contributed by atoms with Gasteiger partial charge in [-0.1, -0.05) is 24.6 Å². The van der Waals surface area contributed by atoms with Crippen molar-refractivity contribution in [3.05, 3.63) is 30.3 Å². The van der Waals surface area contributed by atoms with E-state index in [0.29, 0.717) is 6.54 Å². The Morgan fingerprint density at radius 3 is 2.79 bits per heavy atom. The van der Waals surface area contributed by atoms with Gasteiger partial charge in [0, 0.05) is 18.8 Å². The lowest BCUT2D eigenvalue weighted by Crippen LogP contribution is -2.47. The topological polar surface area (TPSA) is 43.8 Å². The van der Waals surface area contributed by atoms with Crippen LogP contribution in [-0.4, -0.2) is 48.7 Å². The van der Waals surface area contributed by atoms with Crippen molar-refractivity contribution >= 4 is 11.6 Å². The second-order valence-corrected chi connectivity index (χ2v) is 5.09. The summed E-state index contributed by atoms with van der Waals surface area (Å²) in [5.41, 5.74) is 0.907. The average Bonchev–Trinajstić information content (AvgIpc) is 2.48. The van der Waals surface area contributed by atoms with Gasteiger partial charge in [0.2, 0.25) is 5.91 Å². The maximum absolute atomic E-state index is 12.3. The van der Waals surface area contributed by atoms with Crippen molar-refractivity contribution in [3.8, 4) is 0 Å². The number of hydrogen-bond donors (Lipinski definition) is 1. The number of rotatable bonds is 4. The molecule has 0 spiro atoms. The zero-order valence-electron chi connectivity index (χ0n) is 11.5. The first-order valence-electron chi connectivity index (χ1n) is 6.89. The van der Waals surface area contributed by atoms with E-state index in [1.165, 1.54) is 0 Å². The lowest BCUT2D eigenvalue weighted by molar-refractivity contribution is -0.120. The first kappa shape index (κ1) is 14.0. The van der Waals surface area contributed by atoms with E-state index in [1.807, 2.05) is 30.3 Å². The van der Waals surface area contributed by atoms with Gasteiger partial charge in [-0.05, 0) is 31.5 Å². The monoisotopic (exact) mass is 262 g/mol. The van der Waals surface area contributed by atoms with Gasteiger partial charge in [0.25, 0.3) is 0 Å². The van der Waals surface area contributed by atoms with E-state index >= 15 is 0 Å². The predicted octanol–water partition coefficient (Wildman–Crippen LogP) is 1.50. The number of para-hydroxylation sites is 1. The second kappa shape index (κ2) is 6.68. The predicted molar refractivity (Wildman–Crippen MR) is 76.1 cm³/mol. The van der Waals surface area contributed by atoms with E-state index in [2.05, 4.69) is 4.90 Å². The molecule has 1 N–H and O–H groups in total. The van der Waals surface area contributed by atoms with Crippen LogP contribution in [-0.2, 0) is 4.79 Å². The number of amides is 1. The molecule has 4 nitrogen and oxygen atoms in total. The van der Waals surface area contributed by atoms with E-state index in [9.17, 15) is 9.90 Å². The van der Waals surface area contributed by atoms with Crippen LogP contribution in [0.5, 0.6) is 0 Å². The first-order valence-corrected chi connectivity index (χ1v) is 6.89. The highest BCUT2D eigenvalue weighted by atomic mass is 16.3. The fourth-order valence-electron chi connectivity index (χ4n) is 2.55. The lowest BCUT2D eigenvalue weighted by atomic mass is 10.0. The molecule has 1 aliphatic rings. The summed E-state index contributed by atoms with van der Waals surface area (Å²) in [5, 5.41) is 9.36. The molecular weight excluding hydrogens is 240 g/mol. The van der Waals surface area contributed by atoms with Crippen molar-refractivity contribution < 1.29 is 9.90 Å². The third-order valence-corrected chi connectivity index (χ3v) is 3.82. The van der Waals surface area contributed by atoms with Gasteiger partial charge in [-0.25, -0.2) is 0 Å². The van der Waals surface area contributed by atoms with Crippen molar-refractivity contribution in [2.24, 2.45) is 0 Å². The van der Waals surface area contributed by atoms with Crippen LogP contribution >= 0.6 is 0 Å². The second-order valence-electron chi connectivity index (χ2n) is 5.09. The van der Waals surface area contributed by atoms with Crippen LogP contribution in [0.2, 0.25) is 0 Å². The first-order chi connectivity index (χ1) is 9.22. The van der Waals surface area contributed by atoms with E-state index in [-0.39, 0.29) is 18.6 Å². The molecule has 104 valence electrons. The summed E-state index contributed by atoms with van der Waals surface area (Å²) in [4.78, 5) is 16.1. The molecule has 1 aromatic carbocycles. The zero-order chi connectivity index (χ0) is 13.7. The standard InChI is InChI=1S/C15H22N2O2/c1-16(13-7-3-2-4-8-13)15(19)11-17-10-6-5-9-14(17)12-18/h2-4,7-8,14,18H,5-6,9-12H2,1H3. The van der Waals surface area contributed by atoms with Crippen LogP contribution < -0.4 is 4.90 Å². The SMILES string of the molecule is CN(C(=O)CN1CCCCC1CO)c1ccccc1. The highest BCUT2D eigenvalue weighted by Gasteiger charge is 2.24. The quantitative estimate of drug-likeness (QED) is 0.894. The van der Waals surface area contributed by atoms with Gasteiger partial charge in [0.1, 0.15) is 0 Å². The maximum Gasteiger partial charge on any atom is 0.240 e. The molecule has 1 heterocycles. The van der Waals surface area contributed by atoms with E-state index in [4.69, 9.17) is 0 Å². The number of piperidine rings is 1. The number of aliphatic hydroxyl groups excluding tert-OH is 1. The molecule has 1 saturated heterocycles. The van der Waals surface area contributed by atoms with Crippen LogP contribution in [0.15, 0.2) is 30.3 Å². The zero-order valence-corrected chi connectivity index (χ0v) is 11.5. The summed E-state index contributed by atoms with van der Waals surface area (Å²) in [6.45, 7) is 1.43. The molecule has 19 heavy (non-hydrogen) atoms. The summed E-state index contributed by atoms with van der Waals surface area (Å²) >= 11 is 0. The van der Waals surface area contributed by atoms with Crippen LogP contribution in [0.1, 0.15) is 19.3 Å². The van der Waals surface area contributed by atoms with Gasteiger partial charge >= 0.3 is 0 Å². The van der Waals surface area contributed by atoms with Crippen molar-refractivity contribution in [1.82, 2.24) is 4.90 Å². The number of carbonyl (C=O) groups is 1. The molecule has 1 aromatic rings. The Kier molecular flexibility index (Phi) is 4.93. The average molecular weight is 262 g/mol. The normalized spacial score (nSPS) is 20.2. The molecule has 0 bridgehead atoms. The minimum absolute atomic E-state index is 0.0755. The molecule has 1 amide bonds. The Morgan fingerprint density at radius 2 is 2.11 bits per heavy atom. The molecule has 1 atom stereocenters. The smallest absolute Gasteiger partial charge is 0.240 e. The van der Waals surface area contributed by atoms with E-state index < -0.39 is 0 Å². The summed E-state index contributed by atoms with van der Waals surface area (Å²) in [6.07, 6.45) is 3.24. The third-order valence-electron chi connectivity index (χ3n) is 3.82. The Labute approximate surface area is 114 Å². The molecule has 1 aliphatic heterocycles. The van der Waals surface area contributed by atoms with Gasteiger partial charge in [0.15, 0.2) is 0 Å². The van der Waals surface area contributed by atoms with Crippen LogP contribution in [0.3, 0.4) is 0 Å². The van der Waals surface area contributed by atoms with Gasteiger partial charge in [-0.3, -0.25) is 9.69 Å². The fraction of sp³-hybridized carbons (Fsp3) is 0.533. The molecule has 0 aromatic heterocycles. The van der Waals surface area contributed by atoms with Crippen LogP contribution in [0.25, 0.3) is 0 Å². The summed E-state index contributed by atoms with van der Waals surface area (Å²) in [6, 6.07) is 9.79. The minimum Gasteiger partial charge on any atom is -0.395 e. The summed E-state index contributed by atoms with van der Waals surface area (Å²) in [5.74, 6) is 0.0755. The minimum atomic E-state index is 0.0755. The van der Waals surface area contributed by atoms with Gasteiger partial charge in [-0.15, -0.1) is 0 Å². The van der Waals surface area contributed by atoms with Crippen molar-refractivity contribution in [3.63, 3.8) is 0 Å². The number of carbonyl (C=O) groups excluding carboxylic acids is 1. The molecular formula is C15H22N2O2. The Hall–Kier alpha value is -1.39. The molecule has 2 rings (SSSR count). The molecule has 1 fully saturated rings. The van der Waals surface area contributed by atoms with Gasteiger partial charge in [0.05, 0.1) is 13.2 Å². The number of likely N-dealkylation sites (N-methyl/N-ethyl adjacent to an activating group) is 1. The maximum atomic E-state index is 12.3. The molecule has 4 heteroatoms. The largest absolute Gasteiger partial charge is 0.395 e. The van der Waals surface area contributed by atoms with E-state index in [1.54, 1.807) is 11.9 Å². The third kappa shape index (κ3) is 3.55. The molecule has 0 saturated carbocycles. The molecule has 0 radical (unpaired) electrons. The summed E-state index contributed by atoms with van der Waals surface area (Å²) < 4.78 is 0. The lowest BCUT2D eigenvalue weighted by Gasteiger charge is -2.34. The highest BCUT2D eigenvalue weighted by molar-refractivity contribution is 5.94. The Bertz CT molecular complexity index is 408. The van der Waals surface area contributed by atoms with Crippen LogP contribution in [0.4, 0.5) is 5.69 Å². The molecule has 1 unspecified atom stereocenters. The molecule has 0 aliphatic carbocycles. The number of nitrogens with zero attached hydrogens (tertiary/aromatic N) is 2.